The van der Waals surface area contributed by atoms with Crippen molar-refractivity contribution in [1.29, 1.82) is 5.41 Å². The molecule has 0 aromatic heterocycles. The fourth-order valence-electron chi connectivity index (χ4n) is 0.118. The third kappa shape index (κ3) is 2.17. The van der Waals surface area contributed by atoms with Gasteiger partial charge in [-0.1, -0.05) is 0 Å². The maximum Gasteiger partial charge on any atom is 0.0827 e. The normalized spacial score (nSPS) is 13.0. The van der Waals surface area contributed by atoms with Crippen molar-refractivity contribution in [1.82, 2.24) is 4.90 Å². The van der Waals surface area contributed by atoms with E-state index in [1.165, 1.54) is 6.34 Å². The fourth-order valence-corrected chi connectivity index (χ4v) is 0.118. The van der Waals surface area contributed by atoms with E-state index < -0.39 is 0 Å². The van der Waals surface area contributed by atoms with Gasteiger partial charge in [0.05, 0.1) is 12.5 Å². The van der Waals surface area contributed by atoms with Gasteiger partial charge in [-0.2, -0.15) is 0 Å². The summed E-state index contributed by atoms with van der Waals surface area (Å²) in [5, 5.41) is 6.66. The Labute approximate surface area is 43.6 Å². The van der Waals surface area contributed by atoms with Crippen LogP contribution in [0.25, 0.3) is 0 Å². The molecule has 0 aliphatic heterocycles. The molecule has 0 radical (unpaired) electrons. The van der Waals surface area contributed by atoms with Gasteiger partial charge in [-0.25, -0.2) is 0 Å². The van der Waals surface area contributed by atoms with E-state index in [-0.39, 0.29) is 6.17 Å². The third-order valence-corrected chi connectivity index (χ3v) is 0.846. The summed E-state index contributed by atoms with van der Waals surface area (Å²) in [5.74, 6) is 0. The number of nitrogens with two attached hydrogens (primary N) is 1. The molecule has 0 amide bonds. The highest BCUT2D eigenvalue weighted by Crippen LogP contribution is 1.77. The van der Waals surface area contributed by atoms with Crippen LogP contribution in [0.15, 0.2) is 0 Å². The van der Waals surface area contributed by atoms with Gasteiger partial charge in [-0.05, 0) is 6.92 Å². The van der Waals surface area contributed by atoms with E-state index in [4.69, 9.17) is 11.1 Å². The summed E-state index contributed by atoms with van der Waals surface area (Å²) >= 11 is 0. The van der Waals surface area contributed by atoms with Gasteiger partial charge in [-0.3, -0.25) is 5.41 Å². The second kappa shape index (κ2) is 2.58. The second-order valence-electron chi connectivity index (χ2n) is 1.54. The molecule has 0 heterocycles. The van der Waals surface area contributed by atoms with E-state index in [0.29, 0.717) is 0 Å². The Balaban J connectivity index is 3.33. The van der Waals surface area contributed by atoms with Crippen LogP contribution in [0, 0.1) is 5.41 Å². The number of nitrogens with zero attached hydrogens (tertiary/aromatic N) is 1. The van der Waals surface area contributed by atoms with Crippen LogP contribution in [0.4, 0.5) is 0 Å². The van der Waals surface area contributed by atoms with Gasteiger partial charge < -0.3 is 10.6 Å². The van der Waals surface area contributed by atoms with E-state index in [1.54, 1.807) is 11.9 Å². The molecule has 7 heavy (non-hydrogen) atoms. The van der Waals surface area contributed by atoms with Crippen LogP contribution in [-0.4, -0.2) is 24.5 Å². The van der Waals surface area contributed by atoms with Crippen LogP contribution in [0.5, 0.6) is 0 Å². The van der Waals surface area contributed by atoms with Crippen molar-refractivity contribution in [2.24, 2.45) is 5.73 Å². The van der Waals surface area contributed by atoms with Crippen LogP contribution >= 0.6 is 0 Å². The molecule has 0 spiro atoms. The molecule has 0 saturated heterocycles. The summed E-state index contributed by atoms with van der Waals surface area (Å²) in [4.78, 5) is 1.61. The molecule has 0 bridgehead atoms. The minimum Gasteiger partial charge on any atom is -0.351 e. The third-order valence-electron chi connectivity index (χ3n) is 0.846. The molecule has 1 atom stereocenters. The highest BCUT2D eigenvalue weighted by Gasteiger charge is 1.92. The molecule has 3 nitrogen and oxygen atoms in total. The fraction of sp³-hybridized carbons (Fsp3) is 0.750. The van der Waals surface area contributed by atoms with Crippen LogP contribution in [0.2, 0.25) is 0 Å². The Morgan fingerprint density at radius 1 is 1.86 bits per heavy atom. The van der Waals surface area contributed by atoms with E-state index >= 15 is 0 Å². The largest absolute Gasteiger partial charge is 0.351 e. The SMILES string of the molecule is CC(N)N(C)C=N. The van der Waals surface area contributed by atoms with Crippen molar-refractivity contribution >= 4 is 6.34 Å². The van der Waals surface area contributed by atoms with Gasteiger partial charge in [0.15, 0.2) is 0 Å². The van der Waals surface area contributed by atoms with Gasteiger partial charge in [0, 0.05) is 7.05 Å². The summed E-state index contributed by atoms with van der Waals surface area (Å²) < 4.78 is 0. The highest BCUT2D eigenvalue weighted by atomic mass is 15.2. The zero-order valence-corrected chi connectivity index (χ0v) is 4.68. The first-order valence-electron chi connectivity index (χ1n) is 2.16. The smallest absolute Gasteiger partial charge is 0.0827 e. The lowest BCUT2D eigenvalue weighted by Crippen LogP contribution is -2.34. The van der Waals surface area contributed by atoms with Crippen LogP contribution in [0.1, 0.15) is 6.92 Å². The van der Waals surface area contributed by atoms with Gasteiger partial charge >= 0.3 is 0 Å². The number of nitrogens with one attached hydrogen (secondary N) is 1. The zero-order chi connectivity index (χ0) is 5.86. The topological polar surface area (TPSA) is 53.1 Å². The van der Waals surface area contributed by atoms with Crippen molar-refractivity contribution < 1.29 is 0 Å². The van der Waals surface area contributed by atoms with Crippen LogP contribution < -0.4 is 5.73 Å². The number of rotatable bonds is 2. The maximum atomic E-state index is 6.66. The molecule has 0 rings (SSSR count). The highest BCUT2D eigenvalue weighted by molar-refractivity contribution is 5.50. The van der Waals surface area contributed by atoms with Crippen molar-refractivity contribution in [3.8, 4) is 0 Å². The molecular formula is C4H11N3. The first-order valence-corrected chi connectivity index (χ1v) is 2.16. The van der Waals surface area contributed by atoms with Crippen molar-refractivity contribution in [3.05, 3.63) is 0 Å². The second-order valence-corrected chi connectivity index (χ2v) is 1.54. The molecule has 3 N–H and O–H groups in total. The number of hydrogen-bond acceptors (Lipinski definition) is 2. The lowest BCUT2D eigenvalue weighted by atomic mass is 10.5. The van der Waals surface area contributed by atoms with E-state index in [1.807, 2.05) is 6.92 Å². The summed E-state index contributed by atoms with van der Waals surface area (Å²) in [6.07, 6.45) is 1.16. The minimum absolute atomic E-state index is 0.0440. The monoisotopic (exact) mass is 101 g/mol. The lowest BCUT2D eigenvalue weighted by molar-refractivity contribution is 0.410. The molecule has 0 aromatic rings. The van der Waals surface area contributed by atoms with Gasteiger partial charge in [0.25, 0.3) is 0 Å². The molecule has 42 valence electrons. The zero-order valence-electron chi connectivity index (χ0n) is 4.68. The predicted molar refractivity (Wildman–Crippen MR) is 30.2 cm³/mol. The van der Waals surface area contributed by atoms with Crippen molar-refractivity contribution in [2.75, 3.05) is 7.05 Å². The predicted octanol–water partition coefficient (Wildman–Crippen LogP) is -0.170. The molecule has 0 aromatic carbocycles. The summed E-state index contributed by atoms with van der Waals surface area (Å²) in [6.45, 7) is 1.82. The van der Waals surface area contributed by atoms with Gasteiger partial charge in [-0.15, -0.1) is 0 Å². The Morgan fingerprint density at radius 3 is 2.29 bits per heavy atom. The van der Waals surface area contributed by atoms with Gasteiger partial charge in [0.2, 0.25) is 0 Å². The Kier molecular flexibility index (Phi) is 2.37. The van der Waals surface area contributed by atoms with Crippen LogP contribution in [0.3, 0.4) is 0 Å². The van der Waals surface area contributed by atoms with Gasteiger partial charge in [0.1, 0.15) is 0 Å². The first kappa shape index (κ1) is 6.43. The minimum atomic E-state index is -0.0440. The van der Waals surface area contributed by atoms with Crippen molar-refractivity contribution in [2.45, 2.75) is 13.1 Å². The van der Waals surface area contributed by atoms with Crippen LogP contribution in [-0.2, 0) is 0 Å². The first-order chi connectivity index (χ1) is 3.18. The summed E-state index contributed by atoms with van der Waals surface area (Å²) in [5.41, 5.74) is 5.32. The van der Waals surface area contributed by atoms with Crippen molar-refractivity contribution in [3.63, 3.8) is 0 Å². The molecule has 0 saturated carbocycles. The Bertz CT molecular complexity index is 60.0. The summed E-state index contributed by atoms with van der Waals surface area (Å²) in [7, 11) is 1.76. The molecule has 0 aliphatic carbocycles. The lowest BCUT2D eigenvalue weighted by Gasteiger charge is -2.15. The molecule has 1 unspecified atom stereocenters. The van der Waals surface area contributed by atoms with E-state index in [0.717, 1.165) is 0 Å². The number of hydrogen-bond donors (Lipinski definition) is 2. The Hall–Kier alpha value is -0.570. The maximum absolute atomic E-state index is 6.66. The van der Waals surface area contributed by atoms with E-state index in [2.05, 4.69) is 0 Å². The molecule has 0 aliphatic rings. The molecule has 0 fully saturated rings. The van der Waals surface area contributed by atoms with E-state index in [9.17, 15) is 0 Å². The molecule has 3 heteroatoms. The average Bonchev–Trinajstić information content (AvgIpc) is 1.65. The average molecular weight is 101 g/mol. The molecular weight excluding hydrogens is 90.1 g/mol. The quantitative estimate of drug-likeness (QED) is 0.288. The Morgan fingerprint density at radius 2 is 2.29 bits per heavy atom. The summed E-state index contributed by atoms with van der Waals surface area (Å²) in [6, 6.07) is 0. The standard InChI is InChI=1S/C4H11N3/c1-4(6)7(2)3-5/h3-5H,6H2,1-2H3.